The highest BCUT2D eigenvalue weighted by Crippen LogP contribution is 2.43. The minimum absolute atomic E-state index is 0.0541. The quantitative estimate of drug-likeness (QED) is 0.272. The van der Waals surface area contributed by atoms with Crippen LogP contribution >= 0.6 is 11.6 Å². The number of aromatic nitrogens is 1. The van der Waals surface area contributed by atoms with Crippen LogP contribution in [0.15, 0.2) is 77.3 Å². The molecule has 1 heterocycles. The van der Waals surface area contributed by atoms with E-state index in [0.717, 1.165) is 11.1 Å². The molecule has 0 saturated carbocycles. The SMILES string of the molecule is CCNC(=O)c1noc(-c2cc(Cl)c(OCc3ccccc3)cc2OCc2ccccc2)c1NC(C)=O. The van der Waals surface area contributed by atoms with Crippen molar-refractivity contribution in [1.29, 1.82) is 0 Å². The van der Waals surface area contributed by atoms with Gasteiger partial charge in [0, 0.05) is 19.5 Å². The lowest BCUT2D eigenvalue weighted by molar-refractivity contribution is -0.114. The number of amides is 2. The van der Waals surface area contributed by atoms with Crippen molar-refractivity contribution in [1.82, 2.24) is 10.5 Å². The molecule has 3 aromatic carbocycles. The first-order valence-corrected chi connectivity index (χ1v) is 12.1. The van der Waals surface area contributed by atoms with Crippen LogP contribution in [0, 0.1) is 0 Å². The number of halogens is 1. The molecule has 0 radical (unpaired) electrons. The van der Waals surface area contributed by atoms with Gasteiger partial charge in [-0.25, -0.2) is 0 Å². The van der Waals surface area contributed by atoms with E-state index in [1.54, 1.807) is 19.1 Å². The molecule has 4 rings (SSSR count). The molecule has 4 aromatic rings. The maximum absolute atomic E-state index is 12.6. The number of nitrogens with one attached hydrogen (secondary N) is 2. The molecule has 0 spiro atoms. The molecule has 0 fully saturated rings. The molecule has 0 atom stereocenters. The molecule has 0 aliphatic rings. The molecule has 0 saturated heterocycles. The largest absolute Gasteiger partial charge is 0.488 e. The Hall–Kier alpha value is -4.30. The Morgan fingerprint density at radius 1 is 0.919 bits per heavy atom. The molecule has 1 aromatic heterocycles. The molecular formula is C28H26ClN3O5. The van der Waals surface area contributed by atoms with Gasteiger partial charge in [0.05, 0.1) is 10.6 Å². The standard InChI is InChI=1S/C28H26ClN3O5/c1-3-30-28(34)26-25(31-18(2)33)27(37-32-26)21-14-22(29)24(36-17-20-12-8-5-9-13-20)15-23(21)35-16-19-10-6-4-7-11-19/h4-15H,3,16-17H2,1-2H3,(H,30,34)(H,31,33). The summed E-state index contributed by atoms with van der Waals surface area (Å²) in [7, 11) is 0. The first-order valence-electron chi connectivity index (χ1n) is 11.7. The predicted molar refractivity (Wildman–Crippen MR) is 141 cm³/mol. The first kappa shape index (κ1) is 25.8. The van der Waals surface area contributed by atoms with E-state index in [-0.39, 0.29) is 23.7 Å². The van der Waals surface area contributed by atoms with Gasteiger partial charge in [0.1, 0.15) is 30.4 Å². The van der Waals surface area contributed by atoms with E-state index in [0.29, 0.717) is 35.2 Å². The second-order valence-electron chi connectivity index (χ2n) is 8.10. The highest BCUT2D eigenvalue weighted by molar-refractivity contribution is 6.32. The highest BCUT2D eigenvalue weighted by atomic mass is 35.5. The number of ether oxygens (including phenoxy) is 2. The van der Waals surface area contributed by atoms with E-state index >= 15 is 0 Å². The third-order valence-electron chi connectivity index (χ3n) is 5.30. The number of hydrogen-bond donors (Lipinski definition) is 2. The number of carbonyl (C=O) groups is 2. The summed E-state index contributed by atoms with van der Waals surface area (Å²) in [6.07, 6.45) is 0. The minimum atomic E-state index is -0.484. The Morgan fingerprint density at radius 3 is 2.08 bits per heavy atom. The van der Waals surface area contributed by atoms with E-state index in [4.69, 9.17) is 25.6 Å². The number of anilines is 1. The van der Waals surface area contributed by atoms with Crippen LogP contribution < -0.4 is 20.1 Å². The zero-order valence-corrected chi connectivity index (χ0v) is 21.2. The van der Waals surface area contributed by atoms with Gasteiger partial charge in [-0.05, 0) is 24.1 Å². The average Bonchev–Trinajstić information content (AvgIpc) is 3.31. The van der Waals surface area contributed by atoms with E-state index in [2.05, 4.69) is 15.8 Å². The van der Waals surface area contributed by atoms with Crippen LogP contribution in [0.2, 0.25) is 5.02 Å². The molecule has 190 valence electrons. The maximum atomic E-state index is 12.6. The van der Waals surface area contributed by atoms with Gasteiger partial charge in [-0.3, -0.25) is 9.59 Å². The van der Waals surface area contributed by atoms with Crippen molar-refractivity contribution in [3.63, 3.8) is 0 Å². The van der Waals surface area contributed by atoms with E-state index in [1.165, 1.54) is 6.92 Å². The lowest BCUT2D eigenvalue weighted by Crippen LogP contribution is -2.24. The van der Waals surface area contributed by atoms with Gasteiger partial charge >= 0.3 is 0 Å². The molecule has 37 heavy (non-hydrogen) atoms. The van der Waals surface area contributed by atoms with Crippen molar-refractivity contribution in [3.05, 3.63) is 94.6 Å². The van der Waals surface area contributed by atoms with Crippen molar-refractivity contribution >= 4 is 29.1 Å². The van der Waals surface area contributed by atoms with Gasteiger partial charge in [0.25, 0.3) is 5.91 Å². The Bertz CT molecular complexity index is 1370. The van der Waals surface area contributed by atoms with Crippen molar-refractivity contribution in [3.8, 4) is 22.8 Å². The Labute approximate surface area is 219 Å². The summed E-state index contributed by atoms with van der Waals surface area (Å²) in [5.74, 6) is 0.0389. The van der Waals surface area contributed by atoms with Crippen LogP contribution in [0.4, 0.5) is 5.69 Å². The third-order valence-corrected chi connectivity index (χ3v) is 5.59. The average molecular weight is 520 g/mol. The number of nitrogens with zero attached hydrogens (tertiary/aromatic N) is 1. The van der Waals surface area contributed by atoms with Gasteiger partial charge in [0.15, 0.2) is 11.5 Å². The van der Waals surface area contributed by atoms with Gasteiger partial charge in [-0.2, -0.15) is 0 Å². The number of rotatable bonds is 10. The molecule has 0 aliphatic heterocycles. The summed E-state index contributed by atoms with van der Waals surface area (Å²) in [5.41, 5.74) is 2.39. The van der Waals surface area contributed by atoms with E-state index in [1.807, 2.05) is 60.7 Å². The molecular weight excluding hydrogens is 494 g/mol. The summed E-state index contributed by atoms with van der Waals surface area (Å²) in [6.45, 7) is 4.05. The Morgan fingerprint density at radius 2 is 1.51 bits per heavy atom. The molecule has 2 N–H and O–H groups in total. The number of benzene rings is 3. The Balaban J connectivity index is 1.75. The van der Waals surface area contributed by atoms with Gasteiger partial charge < -0.3 is 24.6 Å². The van der Waals surface area contributed by atoms with Crippen LogP contribution in [-0.4, -0.2) is 23.5 Å². The third kappa shape index (κ3) is 6.48. The van der Waals surface area contributed by atoms with Gasteiger partial charge in [-0.1, -0.05) is 77.4 Å². The van der Waals surface area contributed by atoms with Crippen molar-refractivity contribution in [2.24, 2.45) is 0 Å². The number of carbonyl (C=O) groups excluding carboxylic acids is 2. The molecule has 2 amide bonds. The molecule has 9 heteroatoms. The zero-order chi connectivity index (χ0) is 26.2. The monoisotopic (exact) mass is 519 g/mol. The smallest absolute Gasteiger partial charge is 0.275 e. The van der Waals surface area contributed by atoms with Crippen molar-refractivity contribution in [2.45, 2.75) is 27.1 Å². The fourth-order valence-corrected chi connectivity index (χ4v) is 3.80. The fraction of sp³-hybridized carbons (Fsp3) is 0.179. The predicted octanol–water partition coefficient (Wildman–Crippen LogP) is 5.86. The van der Waals surface area contributed by atoms with E-state index < -0.39 is 11.8 Å². The summed E-state index contributed by atoms with van der Waals surface area (Å²) >= 11 is 6.60. The van der Waals surface area contributed by atoms with E-state index in [9.17, 15) is 9.59 Å². The van der Waals surface area contributed by atoms with Gasteiger partial charge in [-0.15, -0.1) is 0 Å². The molecule has 0 unspecified atom stereocenters. The van der Waals surface area contributed by atoms with Crippen LogP contribution in [-0.2, 0) is 18.0 Å². The molecule has 8 nitrogen and oxygen atoms in total. The van der Waals surface area contributed by atoms with Gasteiger partial charge in [0.2, 0.25) is 5.91 Å². The second kappa shape index (κ2) is 12.1. The summed E-state index contributed by atoms with van der Waals surface area (Å²) in [4.78, 5) is 24.5. The topological polar surface area (TPSA) is 103 Å². The van der Waals surface area contributed by atoms with Crippen LogP contribution in [0.1, 0.15) is 35.5 Å². The second-order valence-corrected chi connectivity index (χ2v) is 8.51. The van der Waals surface area contributed by atoms with Crippen LogP contribution in [0.5, 0.6) is 11.5 Å². The van der Waals surface area contributed by atoms with Crippen molar-refractivity contribution in [2.75, 3.05) is 11.9 Å². The summed E-state index contributed by atoms with van der Waals surface area (Å²) in [5, 5.41) is 9.53. The zero-order valence-electron chi connectivity index (χ0n) is 20.4. The first-order chi connectivity index (χ1) is 18.0. The maximum Gasteiger partial charge on any atom is 0.275 e. The highest BCUT2D eigenvalue weighted by Gasteiger charge is 2.27. The molecule has 0 bridgehead atoms. The molecule has 0 aliphatic carbocycles. The summed E-state index contributed by atoms with van der Waals surface area (Å²) < 4.78 is 17.7. The number of hydrogen-bond acceptors (Lipinski definition) is 6. The fourth-order valence-electron chi connectivity index (χ4n) is 3.58. The Kier molecular flexibility index (Phi) is 8.43. The minimum Gasteiger partial charge on any atom is -0.488 e. The van der Waals surface area contributed by atoms with Crippen LogP contribution in [0.25, 0.3) is 11.3 Å². The normalized spacial score (nSPS) is 10.6. The lowest BCUT2D eigenvalue weighted by Gasteiger charge is -2.15. The summed E-state index contributed by atoms with van der Waals surface area (Å²) in [6, 6.07) is 22.6. The lowest BCUT2D eigenvalue weighted by atomic mass is 10.1. The van der Waals surface area contributed by atoms with Crippen LogP contribution in [0.3, 0.4) is 0 Å². The van der Waals surface area contributed by atoms with Crippen molar-refractivity contribution < 1.29 is 23.6 Å².